The molecule has 0 aromatic heterocycles. The maximum absolute atomic E-state index is 14.4. The van der Waals surface area contributed by atoms with Crippen molar-refractivity contribution in [1.82, 2.24) is 9.21 Å². The average Bonchev–Trinajstić information content (AvgIpc) is 2.70. The number of nitrogens with zero attached hydrogens (tertiary/aromatic N) is 2. The van der Waals surface area contributed by atoms with E-state index in [4.69, 9.17) is 4.74 Å². The summed E-state index contributed by atoms with van der Waals surface area (Å²) in [6.07, 6.45) is -1.14. The van der Waals surface area contributed by atoms with E-state index in [1.807, 2.05) is 0 Å². The van der Waals surface area contributed by atoms with Crippen molar-refractivity contribution in [2.24, 2.45) is 0 Å². The van der Waals surface area contributed by atoms with Crippen molar-refractivity contribution in [2.45, 2.75) is 17.9 Å². The van der Waals surface area contributed by atoms with E-state index in [9.17, 15) is 22.4 Å². The fraction of sp³-hybridized carbons (Fsp3) is 0.333. The Labute approximate surface area is 180 Å². The van der Waals surface area contributed by atoms with Gasteiger partial charge in [0.1, 0.15) is 12.4 Å². The van der Waals surface area contributed by atoms with Crippen LogP contribution in [0.3, 0.4) is 0 Å². The number of carbonyl (C=O) groups is 2. The standard InChI is InChI=1S/C21H24FN3O5S/c1-24(2)31(28,29)13-14-7-6-8-15(11-14)23-21(27)20-19(25(3)18(26)12-30-20)16-9-4-5-10-17(16)22/h4-11,19-20H,12-13H2,1-3H3,(H,23,27)/t19-,20-/m0/s1. The first-order chi connectivity index (χ1) is 14.6. The third-order valence-corrected chi connectivity index (χ3v) is 6.88. The number of sulfonamides is 1. The quantitative estimate of drug-likeness (QED) is 0.725. The van der Waals surface area contributed by atoms with Crippen LogP contribution in [0.2, 0.25) is 0 Å². The Morgan fingerprint density at radius 2 is 1.94 bits per heavy atom. The maximum atomic E-state index is 14.4. The van der Waals surface area contributed by atoms with Gasteiger partial charge in [-0.15, -0.1) is 0 Å². The smallest absolute Gasteiger partial charge is 0.256 e. The lowest BCUT2D eigenvalue weighted by Crippen LogP contribution is -2.51. The Morgan fingerprint density at radius 1 is 1.23 bits per heavy atom. The Bertz CT molecular complexity index is 1090. The minimum atomic E-state index is -3.47. The molecule has 166 valence electrons. The predicted molar refractivity (Wildman–Crippen MR) is 113 cm³/mol. The summed E-state index contributed by atoms with van der Waals surface area (Å²) in [6.45, 7) is -0.305. The van der Waals surface area contributed by atoms with E-state index in [-0.39, 0.29) is 23.8 Å². The van der Waals surface area contributed by atoms with Gasteiger partial charge in [-0.1, -0.05) is 30.3 Å². The molecule has 0 radical (unpaired) electrons. The van der Waals surface area contributed by atoms with E-state index in [0.717, 1.165) is 4.31 Å². The molecule has 0 aliphatic carbocycles. The molecule has 1 fully saturated rings. The maximum Gasteiger partial charge on any atom is 0.256 e. The van der Waals surface area contributed by atoms with E-state index < -0.39 is 33.9 Å². The number of amides is 2. The topological polar surface area (TPSA) is 96.0 Å². The highest BCUT2D eigenvalue weighted by molar-refractivity contribution is 7.88. The summed E-state index contributed by atoms with van der Waals surface area (Å²) in [6, 6.07) is 11.4. The van der Waals surface area contributed by atoms with Gasteiger partial charge in [0, 0.05) is 32.4 Å². The molecule has 0 bridgehead atoms. The van der Waals surface area contributed by atoms with E-state index in [1.165, 1.54) is 44.2 Å². The molecule has 2 aromatic carbocycles. The highest BCUT2D eigenvalue weighted by atomic mass is 32.2. The number of benzene rings is 2. The molecular formula is C21H24FN3O5S. The summed E-state index contributed by atoms with van der Waals surface area (Å²) >= 11 is 0. The lowest BCUT2D eigenvalue weighted by atomic mass is 9.97. The first-order valence-electron chi connectivity index (χ1n) is 9.52. The zero-order valence-electron chi connectivity index (χ0n) is 17.4. The summed E-state index contributed by atoms with van der Waals surface area (Å²) in [5, 5.41) is 2.69. The second-order valence-electron chi connectivity index (χ2n) is 7.43. The molecule has 2 amide bonds. The number of rotatable bonds is 6. The number of halogens is 1. The molecule has 8 nitrogen and oxygen atoms in total. The third-order valence-electron chi connectivity index (χ3n) is 5.07. The Morgan fingerprint density at radius 3 is 2.61 bits per heavy atom. The largest absolute Gasteiger partial charge is 0.356 e. The van der Waals surface area contributed by atoms with Crippen molar-refractivity contribution in [3.8, 4) is 0 Å². The number of morpholine rings is 1. The number of nitrogens with one attached hydrogen (secondary N) is 1. The number of likely N-dealkylation sites (N-methyl/N-ethyl adjacent to an activating group) is 1. The summed E-state index contributed by atoms with van der Waals surface area (Å²) in [5.74, 6) is -1.71. The average molecular weight is 450 g/mol. The van der Waals surface area contributed by atoms with Crippen molar-refractivity contribution in [3.63, 3.8) is 0 Å². The van der Waals surface area contributed by atoms with Crippen molar-refractivity contribution in [2.75, 3.05) is 33.1 Å². The van der Waals surface area contributed by atoms with Gasteiger partial charge in [-0.25, -0.2) is 17.1 Å². The van der Waals surface area contributed by atoms with Crippen LogP contribution in [-0.2, 0) is 30.1 Å². The molecule has 10 heteroatoms. The van der Waals surface area contributed by atoms with Crippen LogP contribution in [0.1, 0.15) is 17.2 Å². The van der Waals surface area contributed by atoms with Gasteiger partial charge in [0.15, 0.2) is 6.10 Å². The third kappa shape index (κ3) is 5.09. The summed E-state index contributed by atoms with van der Waals surface area (Å²) in [7, 11) is 0.918. The molecule has 1 N–H and O–H groups in total. The zero-order chi connectivity index (χ0) is 22.8. The molecular weight excluding hydrogens is 425 g/mol. The molecule has 2 atom stereocenters. The molecule has 1 saturated heterocycles. The van der Waals surface area contributed by atoms with Gasteiger partial charge in [0.25, 0.3) is 5.91 Å². The zero-order valence-corrected chi connectivity index (χ0v) is 18.2. The minimum Gasteiger partial charge on any atom is -0.356 e. The van der Waals surface area contributed by atoms with Gasteiger partial charge < -0.3 is 15.0 Å². The van der Waals surface area contributed by atoms with Crippen molar-refractivity contribution in [3.05, 3.63) is 65.5 Å². The van der Waals surface area contributed by atoms with Gasteiger partial charge in [-0.3, -0.25) is 9.59 Å². The Kier molecular flexibility index (Phi) is 6.73. The lowest BCUT2D eigenvalue weighted by molar-refractivity contribution is -0.160. The molecule has 1 heterocycles. The molecule has 1 aliphatic heterocycles. The van der Waals surface area contributed by atoms with Crippen LogP contribution >= 0.6 is 0 Å². The second-order valence-corrected chi connectivity index (χ2v) is 9.61. The van der Waals surface area contributed by atoms with Gasteiger partial charge >= 0.3 is 0 Å². The highest BCUT2D eigenvalue weighted by Gasteiger charge is 2.41. The van der Waals surface area contributed by atoms with Crippen molar-refractivity contribution < 1.29 is 27.1 Å². The SMILES string of the molecule is CN1C(=O)CO[C@H](C(=O)Nc2cccc(CS(=O)(=O)N(C)C)c2)[C@@H]1c1ccccc1F. The fourth-order valence-electron chi connectivity index (χ4n) is 3.31. The van der Waals surface area contributed by atoms with E-state index in [2.05, 4.69) is 5.32 Å². The normalized spacial score (nSPS) is 19.5. The Balaban J connectivity index is 1.84. The summed E-state index contributed by atoms with van der Waals surface area (Å²) in [5.41, 5.74) is 1.03. The van der Waals surface area contributed by atoms with Crippen LogP contribution in [0.5, 0.6) is 0 Å². The molecule has 31 heavy (non-hydrogen) atoms. The molecule has 3 rings (SSSR count). The van der Waals surface area contributed by atoms with Gasteiger partial charge in [0.05, 0.1) is 11.8 Å². The van der Waals surface area contributed by atoms with Gasteiger partial charge in [-0.05, 0) is 23.8 Å². The molecule has 1 aliphatic rings. The summed E-state index contributed by atoms with van der Waals surface area (Å²) < 4.78 is 45.3. The predicted octanol–water partition coefficient (Wildman–Crippen LogP) is 1.75. The first-order valence-corrected chi connectivity index (χ1v) is 11.1. The fourth-order valence-corrected chi connectivity index (χ4v) is 4.17. The molecule has 2 aromatic rings. The van der Waals surface area contributed by atoms with Crippen molar-refractivity contribution >= 4 is 27.5 Å². The second kappa shape index (κ2) is 9.13. The minimum absolute atomic E-state index is 0.170. The number of carbonyl (C=O) groups excluding carboxylic acids is 2. The molecule has 0 unspecified atom stereocenters. The number of hydrogen-bond acceptors (Lipinski definition) is 5. The first kappa shape index (κ1) is 22.9. The van der Waals surface area contributed by atoms with Crippen LogP contribution in [-0.4, -0.2) is 63.3 Å². The molecule has 0 saturated carbocycles. The van der Waals surface area contributed by atoms with E-state index >= 15 is 0 Å². The monoisotopic (exact) mass is 449 g/mol. The van der Waals surface area contributed by atoms with Crippen LogP contribution in [0.4, 0.5) is 10.1 Å². The number of anilines is 1. The highest BCUT2D eigenvalue weighted by Crippen LogP contribution is 2.31. The lowest BCUT2D eigenvalue weighted by Gasteiger charge is -2.38. The van der Waals surface area contributed by atoms with E-state index in [1.54, 1.807) is 30.3 Å². The Hall–Kier alpha value is -2.82. The van der Waals surface area contributed by atoms with Gasteiger partial charge in [-0.2, -0.15) is 0 Å². The van der Waals surface area contributed by atoms with Crippen molar-refractivity contribution in [1.29, 1.82) is 0 Å². The van der Waals surface area contributed by atoms with E-state index in [0.29, 0.717) is 11.3 Å². The summed E-state index contributed by atoms with van der Waals surface area (Å²) in [4.78, 5) is 26.4. The van der Waals surface area contributed by atoms with Crippen LogP contribution < -0.4 is 5.32 Å². The number of ether oxygens (including phenoxy) is 1. The number of hydrogen-bond donors (Lipinski definition) is 1. The van der Waals surface area contributed by atoms with Gasteiger partial charge in [0.2, 0.25) is 15.9 Å². The van der Waals surface area contributed by atoms with Crippen LogP contribution in [0.25, 0.3) is 0 Å². The van der Waals surface area contributed by atoms with Crippen LogP contribution in [0, 0.1) is 5.82 Å². The van der Waals surface area contributed by atoms with Crippen LogP contribution in [0.15, 0.2) is 48.5 Å². The molecule has 0 spiro atoms.